The minimum absolute atomic E-state index is 0.0744. The van der Waals surface area contributed by atoms with E-state index in [0.29, 0.717) is 17.9 Å². The zero-order valence-electron chi connectivity index (χ0n) is 25.3. The molecule has 0 spiro atoms. The molecule has 4 aromatic carbocycles. The van der Waals surface area contributed by atoms with E-state index in [1.807, 2.05) is 81.4 Å². The van der Waals surface area contributed by atoms with Gasteiger partial charge >= 0.3 is 0 Å². The van der Waals surface area contributed by atoms with Crippen LogP contribution in [0.5, 0.6) is 5.75 Å². The Labute approximate surface area is 263 Å². The van der Waals surface area contributed by atoms with Crippen molar-refractivity contribution >= 4 is 46.9 Å². The molecule has 0 aromatic heterocycles. The van der Waals surface area contributed by atoms with Crippen molar-refractivity contribution in [2.24, 2.45) is 0 Å². The molecule has 0 fully saturated rings. The number of aryl methyl sites for hydroxylation is 2. The van der Waals surface area contributed by atoms with Crippen LogP contribution in [0.15, 0.2) is 108 Å². The van der Waals surface area contributed by atoms with Crippen LogP contribution in [0.2, 0.25) is 0 Å². The van der Waals surface area contributed by atoms with Crippen molar-refractivity contribution in [2.45, 2.75) is 44.3 Å². The Morgan fingerprint density at radius 3 is 2.20 bits per heavy atom. The van der Waals surface area contributed by atoms with Crippen LogP contribution in [0.4, 0.5) is 11.4 Å². The minimum atomic E-state index is -0.471. The van der Waals surface area contributed by atoms with Crippen LogP contribution < -0.4 is 20.7 Å². The predicted molar refractivity (Wildman–Crippen MR) is 179 cm³/mol. The zero-order chi connectivity index (χ0) is 31.5. The fourth-order valence-corrected chi connectivity index (χ4v) is 5.30. The molecule has 3 amide bonds. The van der Waals surface area contributed by atoms with E-state index in [9.17, 15) is 14.4 Å². The highest BCUT2D eigenvalue weighted by Crippen LogP contribution is 2.28. The predicted octanol–water partition coefficient (Wildman–Crippen LogP) is 7.49. The molecule has 3 N–H and O–H groups in total. The smallest absolute Gasteiger partial charge is 0.272 e. The lowest BCUT2D eigenvalue weighted by Crippen LogP contribution is -2.30. The first-order chi connectivity index (χ1) is 21.3. The van der Waals surface area contributed by atoms with E-state index in [1.54, 1.807) is 42.5 Å². The fourth-order valence-electron chi connectivity index (χ4n) is 4.44. The molecule has 4 aromatic rings. The average molecular weight is 608 g/mol. The Hall–Kier alpha value is -4.82. The van der Waals surface area contributed by atoms with Crippen molar-refractivity contribution in [3.63, 3.8) is 0 Å². The number of carbonyl (C=O) groups excluding carboxylic acids is 3. The SMILES string of the molecule is CCOc1ccc(/C=C(\NC(=O)c2ccccc2)C(=O)Nc2ccc(SC(C)C(=O)Nc3c(C)cccc3CC)cc2)cc1. The summed E-state index contributed by atoms with van der Waals surface area (Å²) in [6, 6.07) is 29.2. The van der Waals surface area contributed by atoms with Crippen molar-refractivity contribution in [3.8, 4) is 5.75 Å². The van der Waals surface area contributed by atoms with Gasteiger partial charge in [0.15, 0.2) is 0 Å². The van der Waals surface area contributed by atoms with Gasteiger partial charge in [-0.1, -0.05) is 55.5 Å². The molecular formula is C36H37N3O4S. The van der Waals surface area contributed by atoms with E-state index in [2.05, 4.69) is 22.9 Å². The highest BCUT2D eigenvalue weighted by Gasteiger charge is 2.18. The molecule has 1 atom stereocenters. The van der Waals surface area contributed by atoms with Gasteiger partial charge in [-0.2, -0.15) is 0 Å². The molecule has 4 rings (SSSR count). The molecule has 0 bridgehead atoms. The van der Waals surface area contributed by atoms with Crippen molar-refractivity contribution in [1.82, 2.24) is 5.32 Å². The number of nitrogens with one attached hydrogen (secondary N) is 3. The summed E-state index contributed by atoms with van der Waals surface area (Å²) in [5, 5.41) is 8.38. The van der Waals surface area contributed by atoms with E-state index in [-0.39, 0.29) is 16.9 Å². The van der Waals surface area contributed by atoms with Crippen LogP contribution in [-0.2, 0) is 16.0 Å². The molecule has 7 nitrogen and oxygen atoms in total. The maximum absolute atomic E-state index is 13.4. The van der Waals surface area contributed by atoms with Crippen LogP contribution in [0.25, 0.3) is 6.08 Å². The lowest BCUT2D eigenvalue weighted by atomic mass is 10.1. The minimum Gasteiger partial charge on any atom is -0.494 e. The summed E-state index contributed by atoms with van der Waals surface area (Å²) in [5.41, 5.74) is 4.81. The van der Waals surface area contributed by atoms with Gasteiger partial charge in [-0.25, -0.2) is 0 Å². The van der Waals surface area contributed by atoms with E-state index < -0.39 is 11.8 Å². The highest BCUT2D eigenvalue weighted by atomic mass is 32.2. The maximum atomic E-state index is 13.4. The van der Waals surface area contributed by atoms with Gasteiger partial charge in [-0.15, -0.1) is 11.8 Å². The molecule has 0 aliphatic carbocycles. The van der Waals surface area contributed by atoms with Crippen LogP contribution in [0, 0.1) is 6.92 Å². The second-order valence-corrected chi connectivity index (χ2v) is 11.5. The van der Waals surface area contributed by atoms with Crippen LogP contribution in [-0.4, -0.2) is 29.6 Å². The van der Waals surface area contributed by atoms with E-state index in [4.69, 9.17) is 4.74 Å². The number of benzene rings is 4. The van der Waals surface area contributed by atoms with Gasteiger partial charge in [-0.3, -0.25) is 14.4 Å². The Morgan fingerprint density at radius 1 is 0.841 bits per heavy atom. The number of amides is 3. The third kappa shape index (κ3) is 8.84. The standard InChI is InChI=1S/C36H37N3O4S/c1-5-27-14-10-11-24(3)33(27)39-34(40)25(4)44-31-21-17-29(18-22-31)37-36(42)32(38-35(41)28-12-8-7-9-13-28)23-26-15-19-30(20-16-26)43-6-2/h7-23,25H,5-6H2,1-4H3,(H,37,42)(H,38,41)(H,39,40)/b32-23-. The number of carbonyl (C=O) groups is 3. The van der Waals surface area contributed by atoms with Gasteiger partial charge in [0.1, 0.15) is 11.4 Å². The molecule has 44 heavy (non-hydrogen) atoms. The van der Waals surface area contributed by atoms with E-state index in [0.717, 1.165) is 39.4 Å². The van der Waals surface area contributed by atoms with E-state index in [1.165, 1.54) is 11.8 Å². The van der Waals surface area contributed by atoms with Gasteiger partial charge in [0.25, 0.3) is 11.8 Å². The van der Waals surface area contributed by atoms with Crippen LogP contribution >= 0.6 is 11.8 Å². The Kier molecular flexibility index (Phi) is 11.4. The Morgan fingerprint density at radius 2 is 1.55 bits per heavy atom. The van der Waals surface area contributed by atoms with Gasteiger partial charge in [0, 0.05) is 21.8 Å². The second kappa shape index (κ2) is 15.6. The van der Waals surface area contributed by atoms with Gasteiger partial charge < -0.3 is 20.7 Å². The van der Waals surface area contributed by atoms with Gasteiger partial charge in [0.2, 0.25) is 5.91 Å². The maximum Gasteiger partial charge on any atom is 0.272 e. The molecule has 0 aliphatic heterocycles. The summed E-state index contributed by atoms with van der Waals surface area (Å²) in [7, 11) is 0. The van der Waals surface area contributed by atoms with Crippen LogP contribution in [0.3, 0.4) is 0 Å². The first-order valence-corrected chi connectivity index (χ1v) is 15.4. The molecular weight excluding hydrogens is 570 g/mol. The molecule has 226 valence electrons. The number of thioether (sulfide) groups is 1. The second-order valence-electron chi connectivity index (χ2n) is 10.1. The molecule has 8 heteroatoms. The summed E-state index contributed by atoms with van der Waals surface area (Å²) in [6.07, 6.45) is 2.45. The summed E-state index contributed by atoms with van der Waals surface area (Å²) in [6.45, 7) is 8.39. The monoisotopic (exact) mass is 607 g/mol. The molecule has 0 aliphatic rings. The van der Waals surface area contributed by atoms with Crippen molar-refractivity contribution in [1.29, 1.82) is 0 Å². The number of anilines is 2. The van der Waals surface area contributed by atoms with Crippen molar-refractivity contribution < 1.29 is 19.1 Å². The quantitative estimate of drug-likeness (QED) is 0.115. The number of rotatable bonds is 12. The van der Waals surface area contributed by atoms with Gasteiger partial charge in [-0.05, 0) is 98.5 Å². The third-order valence-electron chi connectivity index (χ3n) is 6.81. The van der Waals surface area contributed by atoms with Gasteiger partial charge in [0.05, 0.1) is 11.9 Å². The summed E-state index contributed by atoms with van der Waals surface area (Å²) in [5.74, 6) is -0.223. The highest BCUT2D eigenvalue weighted by molar-refractivity contribution is 8.00. The molecule has 0 heterocycles. The first kappa shape index (κ1) is 32.1. The average Bonchev–Trinajstić information content (AvgIpc) is 3.03. The lowest BCUT2D eigenvalue weighted by Gasteiger charge is -2.16. The molecule has 0 saturated heterocycles. The van der Waals surface area contributed by atoms with Crippen LogP contribution in [0.1, 0.15) is 47.8 Å². The zero-order valence-corrected chi connectivity index (χ0v) is 26.2. The number of ether oxygens (including phenoxy) is 1. The topological polar surface area (TPSA) is 96.5 Å². The largest absolute Gasteiger partial charge is 0.494 e. The van der Waals surface area contributed by atoms with Crippen molar-refractivity contribution in [2.75, 3.05) is 17.2 Å². The fraction of sp³-hybridized carbons (Fsp3) is 0.194. The first-order valence-electron chi connectivity index (χ1n) is 14.6. The number of hydrogen-bond donors (Lipinski definition) is 3. The summed E-state index contributed by atoms with van der Waals surface area (Å²) >= 11 is 1.43. The number of para-hydroxylation sites is 1. The number of hydrogen-bond acceptors (Lipinski definition) is 5. The third-order valence-corrected chi connectivity index (χ3v) is 7.93. The van der Waals surface area contributed by atoms with Crippen molar-refractivity contribution in [3.05, 3.63) is 125 Å². The Balaban J connectivity index is 1.44. The lowest BCUT2D eigenvalue weighted by molar-refractivity contribution is -0.115. The summed E-state index contributed by atoms with van der Waals surface area (Å²) < 4.78 is 5.51. The molecule has 1 unspecified atom stereocenters. The Bertz CT molecular complexity index is 1620. The normalized spacial score (nSPS) is 11.8. The summed E-state index contributed by atoms with van der Waals surface area (Å²) in [4.78, 5) is 40.2. The molecule has 0 saturated carbocycles. The van der Waals surface area contributed by atoms with E-state index >= 15 is 0 Å². The molecule has 0 radical (unpaired) electrons.